The number of hydrogen-bond acceptors (Lipinski definition) is 6. The van der Waals surface area contributed by atoms with Gasteiger partial charge in [-0.05, 0) is 88.0 Å². The first-order valence-corrected chi connectivity index (χ1v) is 16.7. The van der Waals surface area contributed by atoms with Crippen molar-refractivity contribution in [2.24, 2.45) is 11.8 Å². The number of carbonyl (C=O) groups excluding carboxylic acids is 4. The van der Waals surface area contributed by atoms with Crippen LogP contribution >= 0.6 is 0 Å². The van der Waals surface area contributed by atoms with Gasteiger partial charge in [0.05, 0.1) is 11.8 Å². The molecule has 2 atom stereocenters. The van der Waals surface area contributed by atoms with E-state index in [4.69, 9.17) is 0 Å². The van der Waals surface area contributed by atoms with Crippen LogP contribution in [0.4, 0.5) is 0 Å². The first kappa shape index (κ1) is 33.2. The minimum Gasteiger partial charge on any atom is -0.298 e. The summed E-state index contributed by atoms with van der Waals surface area (Å²) in [5.74, 6) is -1.01. The number of benzene rings is 3. The summed E-state index contributed by atoms with van der Waals surface area (Å²) in [5, 5.41) is 0. The van der Waals surface area contributed by atoms with Crippen LogP contribution in [0.3, 0.4) is 0 Å². The van der Waals surface area contributed by atoms with Gasteiger partial charge in [-0.15, -0.1) is 0 Å². The number of amides is 4. The average Bonchev–Trinajstić information content (AvgIpc) is 3.10. The van der Waals surface area contributed by atoms with E-state index in [1.165, 1.54) is 20.9 Å². The van der Waals surface area contributed by atoms with Gasteiger partial charge in [0.1, 0.15) is 0 Å². The maximum absolute atomic E-state index is 13.4. The molecule has 4 amide bonds. The molecule has 0 spiro atoms. The summed E-state index contributed by atoms with van der Waals surface area (Å²) < 4.78 is 0. The van der Waals surface area contributed by atoms with E-state index < -0.39 is 0 Å². The van der Waals surface area contributed by atoms with Crippen molar-refractivity contribution in [2.75, 3.05) is 39.3 Å². The summed E-state index contributed by atoms with van der Waals surface area (Å²) in [6.45, 7) is 9.08. The van der Waals surface area contributed by atoms with Gasteiger partial charge in [-0.1, -0.05) is 60.7 Å². The van der Waals surface area contributed by atoms with Gasteiger partial charge in [-0.25, -0.2) is 0 Å². The highest BCUT2D eigenvalue weighted by atomic mass is 16.2. The summed E-state index contributed by atoms with van der Waals surface area (Å²) in [4.78, 5) is 60.4. The van der Waals surface area contributed by atoms with Crippen molar-refractivity contribution in [3.05, 3.63) is 107 Å². The van der Waals surface area contributed by atoms with E-state index >= 15 is 0 Å². The molecular formula is C38H46N4O4. The number of hydrogen-bond donors (Lipinski definition) is 0. The minimum absolute atomic E-state index is 0.0822. The van der Waals surface area contributed by atoms with Crippen LogP contribution in [0, 0.1) is 11.8 Å². The second kappa shape index (κ2) is 15.9. The maximum Gasteiger partial charge on any atom is 0.260 e. The normalized spacial score (nSPS) is 18.9. The minimum atomic E-state index is -0.228. The van der Waals surface area contributed by atoms with Crippen molar-refractivity contribution >= 4 is 23.6 Å². The fourth-order valence-electron chi connectivity index (χ4n) is 6.78. The van der Waals surface area contributed by atoms with E-state index in [0.29, 0.717) is 37.3 Å². The zero-order valence-corrected chi connectivity index (χ0v) is 27.1. The fraction of sp³-hybridized carbons (Fsp3) is 0.421. The van der Waals surface area contributed by atoms with E-state index in [1.54, 1.807) is 24.3 Å². The van der Waals surface area contributed by atoms with Crippen molar-refractivity contribution in [3.8, 4) is 0 Å². The average molecular weight is 623 g/mol. The van der Waals surface area contributed by atoms with Crippen molar-refractivity contribution in [2.45, 2.75) is 52.6 Å². The van der Waals surface area contributed by atoms with Crippen LogP contribution in [0.2, 0.25) is 0 Å². The fourth-order valence-corrected chi connectivity index (χ4v) is 6.78. The number of imide groups is 2. The lowest BCUT2D eigenvalue weighted by molar-refractivity contribution is -0.135. The van der Waals surface area contributed by atoms with Crippen LogP contribution in [0.1, 0.15) is 71.4 Å². The standard InChI is InChI=1S/C38H46N4O4/c1-3-41(35(43)31-13-7-5-8-14-31)37(45)33-17-11-23-39(27-33)25-29-19-21-30(22-20-29)26-40-24-12-18-34(28-40)38(46)42(4-2)36(44)32-15-9-6-10-16-32/h5-10,13-16,19-22,33-34H,3-4,11-12,17-18,23-28H2,1-2H3. The van der Waals surface area contributed by atoms with Gasteiger partial charge in [0.15, 0.2) is 0 Å². The molecule has 2 unspecified atom stereocenters. The molecule has 8 heteroatoms. The highest BCUT2D eigenvalue weighted by molar-refractivity contribution is 6.06. The summed E-state index contributed by atoms with van der Waals surface area (Å²) in [7, 11) is 0. The van der Waals surface area contributed by atoms with Gasteiger partial charge in [0.2, 0.25) is 11.8 Å². The molecule has 3 aromatic carbocycles. The number of carbonyl (C=O) groups is 4. The maximum atomic E-state index is 13.4. The smallest absolute Gasteiger partial charge is 0.260 e. The predicted molar refractivity (Wildman–Crippen MR) is 179 cm³/mol. The van der Waals surface area contributed by atoms with E-state index in [9.17, 15) is 19.2 Å². The Morgan fingerprint density at radius 3 is 1.30 bits per heavy atom. The van der Waals surface area contributed by atoms with Gasteiger partial charge in [-0.3, -0.25) is 38.8 Å². The largest absolute Gasteiger partial charge is 0.298 e. The molecule has 2 fully saturated rings. The van der Waals surface area contributed by atoms with Crippen LogP contribution in [0.25, 0.3) is 0 Å². The van der Waals surface area contributed by atoms with Crippen LogP contribution in [-0.2, 0) is 22.7 Å². The summed E-state index contributed by atoms with van der Waals surface area (Å²) in [5.41, 5.74) is 3.46. The molecule has 0 N–H and O–H groups in total. The monoisotopic (exact) mass is 622 g/mol. The lowest BCUT2D eigenvalue weighted by Crippen LogP contribution is -2.46. The predicted octanol–water partition coefficient (Wildman–Crippen LogP) is 5.49. The molecule has 0 bridgehead atoms. The van der Waals surface area contributed by atoms with Gasteiger partial charge in [-0.2, -0.15) is 0 Å². The first-order chi connectivity index (χ1) is 22.4. The number of nitrogens with zero attached hydrogens (tertiary/aromatic N) is 4. The third-order valence-corrected chi connectivity index (χ3v) is 9.24. The van der Waals surface area contributed by atoms with Gasteiger partial charge < -0.3 is 0 Å². The topological polar surface area (TPSA) is 81.2 Å². The highest BCUT2D eigenvalue weighted by Gasteiger charge is 2.33. The van der Waals surface area contributed by atoms with Crippen LogP contribution in [-0.4, -0.2) is 82.5 Å². The number of likely N-dealkylation sites (tertiary alicyclic amines) is 2. The second-order valence-corrected chi connectivity index (χ2v) is 12.5. The summed E-state index contributed by atoms with van der Waals surface area (Å²) in [6, 6.07) is 26.7. The summed E-state index contributed by atoms with van der Waals surface area (Å²) >= 11 is 0. The van der Waals surface area contributed by atoms with Crippen molar-refractivity contribution < 1.29 is 19.2 Å². The molecule has 3 aromatic rings. The molecule has 0 saturated carbocycles. The molecule has 0 aromatic heterocycles. The van der Waals surface area contributed by atoms with E-state index in [0.717, 1.165) is 51.9 Å². The Hall–Kier alpha value is -4.14. The lowest BCUT2D eigenvalue weighted by Gasteiger charge is -2.34. The quantitative estimate of drug-likeness (QED) is 0.278. The Morgan fingerprint density at radius 1 is 0.587 bits per heavy atom. The van der Waals surface area contributed by atoms with Crippen molar-refractivity contribution in [1.82, 2.24) is 19.6 Å². The molecule has 2 saturated heterocycles. The molecular weight excluding hydrogens is 576 g/mol. The first-order valence-electron chi connectivity index (χ1n) is 16.7. The Kier molecular flexibility index (Phi) is 11.5. The molecule has 0 radical (unpaired) electrons. The Balaban J connectivity index is 1.13. The Bertz CT molecular complexity index is 1370. The lowest BCUT2D eigenvalue weighted by atomic mass is 9.95. The zero-order chi connectivity index (χ0) is 32.5. The van der Waals surface area contributed by atoms with E-state index in [2.05, 4.69) is 34.1 Å². The number of rotatable bonds is 10. The molecule has 0 aliphatic carbocycles. The van der Waals surface area contributed by atoms with Gasteiger partial charge in [0.25, 0.3) is 11.8 Å². The zero-order valence-electron chi connectivity index (χ0n) is 27.1. The molecule has 242 valence electrons. The highest BCUT2D eigenvalue weighted by Crippen LogP contribution is 2.24. The SMILES string of the molecule is CCN(C(=O)c1ccccc1)C(=O)C1CCCN(Cc2ccc(CN3CCCC(C(=O)N(CC)C(=O)c4ccccc4)C3)cc2)C1. The van der Waals surface area contributed by atoms with E-state index in [-0.39, 0.29) is 35.5 Å². The Labute approximate surface area is 273 Å². The van der Waals surface area contributed by atoms with Crippen LogP contribution in [0.5, 0.6) is 0 Å². The van der Waals surface area contributed by atoms with Crippen LogP contribution in [0.15, 0.2) is 84.9 Å². The van der Waals surface area contributed by atoms with Gasteiger partial charge in [0, 0.05) is 50.4 Å². The van der Waals surface area contributed by atoms with Crippen molar-refractivity contribution in [1.29, 1.82) is 0 Å². The van der Waals surface area contributed by atoms with Crippen molar-refractivity contribution in [3.63, 3.8) is 0 Å². The summed E-state index contributed by atoms with van der Waals surface area (Å²) in [6.07, 6.45) is 3.44. The third kappa shape index (κ3) is 8.17. The van der Waals surface area contributed by atoms with Crippen LogP contribution < -0.4 is 0 Å². The molecule has 2 aliphatic heterocycles. The molecule has 46 heavy (non-hydrogen) atoms. The second-order valence-electron chi connectivity index (χ2n) is 12.5. The molecule has 2 heterocycles. The Morgan fingerprint density at radius 2 is 0.957 bits per heavy atom. The third-order valence-electron chi connectivity index (χ3n) is 9.24. The molecule has 5 rings (SSSR count). The van der Waals surface area contributed by atoms with Gasteiger partial charge >= 0.3 is 0 Å². The molecule has 2 aliphatic rings. The van der Waals surface area contributed by atoms with E-state index in [1.807, 2.05) is 50.2 Å². The number of piperidine rings is 2. The molecule has 8 nitrogen and oxygen atoms in total.